The minimum atomic E-state index is 0.884. The van der Waals surface area contributed by atoms with Crippen LogP contribution < -0.4 is 10.2 Å². The first kappa shape index (κ1) is 10.4. The van der Waals surface area contributed by atoms with Gasteiger partial charge in [0.2, 0.25) is 0 Å². The third kappa shape index (κ3) is 1.71. The van der Waals surface area contributed by atoms with Crippen molar-refractivity contribution in [2.24, 2.45) is 4.99 Å². The molecular weight excluding hydrogens is 210 g/mol. The molecule has 3 nitrogen and oxygen atoms in total. The topological polar surface area (TPSA) is 27.6 Å². The molecule has 1 N–H and O–H groups in total. The predicted molar refractivity (Wildman–Crippen MR) is 72.5 cm³/mol. The van der Waals surface area contributed by atoms with Crippen LogP contribution in [-0.4, -0.2) is 26.0 Å². The van der Waals surface area contributed by atoms with E-state index >= 15 is 0 Å². The zero-order chi connectivity index (χ0) is 11.8. The van der Waals surface area contributed by atoms with Gasteiger partial charge in [0.25, 0.3) is 0 Å². The number of hydrogen-bond acceptors (Lipinski definition) is 3. The lowest BCUT2D eigenvalue weighted by Crippen LogP contribution is -2.25. The highest BCUT2D eigenvalue weighted by atomic mass is 15.1. The summed E-state index contributed by atoms with van der Waals surface area (Å²) < 4.78 is 0. The number of rotatable bonds is 1. The molecule has 0 aliphatic carbocycles. The maximum Gasteiger partial charge on any atom is 0.0986 e. The molecule has 0 saturated heterocycles. The Kier molecular flexibility index (Phi) is 2.39. The fourth-order valence-electron chi connectivity index (χ4n) is 2.55. The molecule has 1 aromatic rings. The van der Waals surface area contributed by atoms with E-state index in [0.29, 0.717) is 0 Å². The van der Waals surface area contributed by atoms with Crippen molar-refractivity contribution in [2.45, 2.75) is 13.3 Å². The van der Waals surface area contributed by atoms with Crippen molar-refractivity contribution in [3.05, 3.63) is 35.5 Å². The molecule has 0 amide bonds. The van der Waals surface area contributed by atoms with E-state index in [4.69, 9.17) is 0 Å². The molecule has 0 fully saturated rings. The van der Waals surface area contributed by atoms with Gasteiger partial charge in [0.15, 0.2) is 0 Å². The smallest absolute Gasteiger partial charge is 0.0986 e. The van der Waals surface area contributed by atoms with Crippen LogP contribution in [0, 0.1) is 0 Å². The van der Waals surface area contributed by atoms with Crippen LogP contribution in [0.1, 0.15) is 18.1 Å². The Morgan fingerprint density at radius 3 is 3.00 bits per heavy atom. The minimum absolute atomic E-state index is 0.884. The summed E-state index contributed by atoms with van der Waals surface area (Å²) in [6.45, 7) is 4.00. The lowest BCUT2D eigenvalue weighted by atomic mass is 9.98. The molecular formula is C14H17N3. The molecule has 2 heterocycles. The van der Waals surface area contributed by atoms with Crippen LogP contribution in [0.5, 0.6) is 0 Å². The minimum Gasteiger partial charge on any atom is -0.374 e. The third-order valence-electron chi connectivity index (χ3n) is 3.55. The van der Waals surface area contributed by atoms with Crippen LogP contribution in [0.2, 0.25) is 0 Å². The first-order chi connectivity index (χ1) is 8.25. The molecule has 0 aromatic heterocycles. The van der Waals surface area contributed by atoms with Crippen molar-refractivity contribution in [3.8, 4) is 0 Å². The molecule has 0 atom stereocenters. The van der Waals surface area contributed by atoms with E-state index in [9.17, 15) is 0 Å². The van der Waals surface area contributed by atoms with E-state index in [1.54, 1.807) is 0 Å². The zero-order valence-electron chi connectivity index (χ0n) is 10.3. The molecule has 0 spiro atoms. The van der Waals surface area contributed by atoms with Crippen molar-refractivity contribution in [3.63, 3.8) is 0 Å². The van der Waals surface area contributed by atoms with Crippen molar-refractivity contribution in [1.82, 2.24) is 5.32 Å². The number of anilines is 1. The average molecular weight is 227 g/mol. The molecule has 2 aliphatic heterocycles. The maximum absolute atomic E-state index is 4.36. The highest BCUT2D eigenvalue weighted by molar-refractivity contribution is 5.87. The first-order valence-electron chi connectivity index (χ1n) is 6.06. The Labute approximate surface area is 102 Å². The fourth-order valence-corrected chi connectivity index (χ4v) is 2.55. The normalized spacial score (nSPS) is 18.4. The Hall–Kier alpha value is -1.77. The molecule has 3 heteroatoms. The van der Waals surface area contributed by atoms with E-state index in [1.807, 2.05) is 13.1 Å². The monoisotopic (exact) mass is 227 g/mol. The third-order valence-corrected chi connectivity index (χ3v) is 3.55. The summed E-state index contributed by atoms with van der Waals surface area (Å²) in [4.78, 5) is 6.69. The van der Waals surface area contributed by atoms with Crippen molar-refractivity contribution in [1.29, 1.82) is 0 Å². The van der Waals surface area contributed by atoms with Gasteiger partial charge >= 0.3 is 0 Å². The van der Waals surface area contributed by atoms with Gasteiger partial charge in [-0.05, 0) is 36.1 Å². The Balaban J connectivity index is 2.05. The number of benzene rings is 1. The van der Waals surface area contributed by atoms with Gasteiger partial charge in [-0.3, -0.25) is 0 Å². The standard InChI is InChI=1S/C14H17N3/c1-10-15-8-11(9-16-10)12-4-3-5-14-13(12)6-7-17(14)2/h3-5,8H,6-7,9H2,1-2H3,(H,15,16). The summed E-state index contributed by atoms with van der Waals surface area (Å²) in [5, 5.41) is 3.30. The molecule has 0 bridgehead atoms. The zero-order valence-corrected chi connectivity index (χ0v) is 10.3. The van der Waals surface area contributed by atoms with Crippen LogP contribution >= 0.6 is 0 Å². The van der Waals surface area contributed by atoms with E-state index in [1.165, 1.54) is 22.4 Å². The Bertz CT molecular complexity index is 514. The van der Waals surface area contributed by atoms with Gasteiger partial charge in [-0.2, -0.15) is 0 Å². The summed E-state index contributed by atoms with van der Waals surface area (Å²) in [5.41, 5.74) is 5.49. The molecule has 0 saturated carbocycles. The second kappa shape index (κ2) is 3.91. The fraction of sp³-hybridized carbons (Fsp3) is 0.357. The van der Waals surface area contributed by atoms with Crippen LogP contribution in [0.3, 0.4) is 0 Å². The van der Waals surface area contributed by atoms with Gasteiger partial charge in [0.1, 0.15) is 0 Å². The largest absolute Gasteiger partial charge is 0.374 e. The number of fused-ring (bicyclic) bond motifs is 1. The molecule has 1 aromatic carbocycles. The molecule has 2 aliphatic rings. The van der Waals surface area contributed by atoms with Crippen LogP contribution in [0.4, 0.5) is 5.69 Å². The number of hydrogen-bond donors (Lipinski definition) is 1. The highest BCUT2D eigenvalue weighted by Crippen LogP contribution is 2.33. The van der Waals surface area contributed by atoms with E-state index in [0.717, 1.165) is 25.3 Å². The number of aliphatic imine (C=N–C) groups is 1. The van der Waals surface area contributed by atoms with Crippen molar-refractivity contribution in [2.75, 3.05) is 25.0 Å². The molecule has 0 radical (unpaired) electrons. The van der Waals surface area contributed by atoms with Gasteiger partial charge in [-0.25, -0.2) is 4.99 Å². The van der Waals surface area contributed by atoms with Gasteiger partial charge in [0.05, 0.1) is 5.84 Å². The summed E-state index contributed by atoms with van der Waals surface area (Å²) in [6, 6.07) is 6.56. The van der Waals surface area contributed by atoms with E-state index in [-0.39, 0.29) is 0 Å². The van der Waals surface area contributed by atoms with E-state index in [2.05, 4.69) is 40.5 Å². The number of nitrogens with one attached hydrogen (secondary N) is 1. The van der Waals surface area contributed by atoms with Gasteiger partial charge in [-0.1, -0.05) is 12.1 Å². The SMILES string of the molecule is CC1=NC=C(c2cccc3c2CCN3C)CN1. The summed E-state index contributed by atoms with van der Waals surface area (Å²) in [6.07, 6.45) is 3.14. The highest BCUT2D eigenvalue weighted by Gasteiger charge is 2.20. The summed E-state index contributed by atoms with van der Waals surface area (Å²) in [5.74, 6) is 0.999. The van der Waals surface area contributed by atoms with Crippen LogP contribution in [-0.2, 0) is 6.42 Å². The molecule has 0 unspecified atom stereocenters. The number of likely N-dealkylation sites (N-methyl/N-ethyl adjacent to an activating group) is 1. The summed E-state index contributed by atoms with van der Waals surface area (Å²) >= 11 is 0. The lowest BCUT2D eigenvalue weighted by molar-refractivity contribution is 0.953. The average Bonchev–Trinajstić information content (AvgIpc) is 2.73. The Morgan fingerprint density at radius 1 is 1.35 bits per heavy atom. The predicted octanol–water partition coefficient (Wildman–Crippen LogP) is 2.04. The van der Waals surface area contributed by atoms with Gasteiger partial charge in [-0.15, -0.1) is 0 Å². The quantitative estimate of drug-likeness (QED) is 0.795. The van der Waals surface area contributed by atoms with Gasteiger partial charge in [0, 0.05) is 32.0 Å². The first-order valence-corrected chi connectivity index (χ1v) is 6.06. The molecule has 17 heavy (non-hydrogen) atoms. The lowest BCUT2D eigenvalue weighted by Gasteiger charge is -2.17. The van der Waals surface area contributed by atoms with Crippen molar-refractivity contribution < 1.29 is 0 Å². The molecule has 3 rings (SSSR count). The van der Waals surface area contributed by atoms with Gasteiger partial charge < -0.3 is 10.2 Å². The van der Waals surface area contributed by atoms with Crippen LogP contribution in [0.25, 0.3) is 5.57 Å². The van der Waals surface area contributed by atoms with Crippen LogP contribution in [0.15, 0.2) is 29.4 Å². The summed E-state index contributed by atoms with van der Waals surface area (Å²) in [7, 11) is 2.16. The molecule has 88 valence electrons. The number of amidine groups is 1. The second-order valence-electron chi connectivity index (χ2n) is 4.70. The second-order valence-corrected chi connectivity index (χ2v) is 4.70. The Morgan fingerprint density at radius 2 is 2.24 bits per heavy atom. The van der Waals surface area contributed by atoms with E-state index < -0.39 is 0 Å². The maximum atomic E-state index is 4.36. The van der Waals surface area contributed by atoms with Crippen molar-refractivity contribution >= 4 is 17.1 Å². The number of nitrogens with zero attached hydrogens (tertiary/aromatic N) is 2.